The molecule has 3 heterocycles. The van der Waals surface area contributed by atoms with Gasteiger partial charge in [0.1, 0.15) is 11.6 Å². The molecule has 1 amide bonds. The third kappa shape index (κ3) is 2.44. The number of anilines is 1. The zero-order valence-corrected chi connectivity index (χ0v) is 15.1. The largest absolute Gasteiger partial charge is 0.311 e. The van der Waals surface area contributed by atoms with Crippen LogP contribution in [0.4, 0.5) is 10.1 Å². The molecule has 2 aromatic carbocycles. The summed E-state index contributed by atoms with van der Waals surface area (Å²) in [5.74, 6) is 0.256. The van der Waals surface area contributed by atoms with Gasteiger partial charge in [-0.05, 0) is 36.4 Å². The summed E-state index contributed by atoms with van der Waals surface area (Å²) in [7, 11) is 1.77. The van der Waals surface area contributed by atoms with E-state index in [4.69, 9.17) is 4.98 Å². The first-order valence-electron chi connectivity index (χ1n) is 8.95. The molecule has 5 rings (SSSR count). The number of fused-ring (bicyclic) bond motifs is 2. The van der Waals surface area contributed by atoms with Crippen molar-refractivity contribution in [2.24, 2.45) is 0 Å². The van der Waals surface area contributed by atoms with Gasteiger partial charge < -0.3 is 4.90 Å². The average molecular weight is 369 g/mol. The van der Waals surface area contributed by atoms with Crippen molar-refractivity contribution >= 4 is 28.8 Å². The molecule has 0 atom stereocenters. The Labute approximate surface area is 161 Å². The molecule has 0 radical (unpaired) electrons. The summed E-state index contributed by atoms with van der Waals surface area (Å²) in [4.78, 5) is 19.2. The Kier molecular flexibility index (Phi) is 3.62. The van der Waals surface area contributed by atoms with Gasteiger partial charge in [-0.2, -0.15) is 0 Å². The van der Waals surface area contributed by atoms with Gasteiger partial charge in [-0.1, -0.05) is 36.4 Å². The Morgan fingerprint density at radius 2 is 1.82 bits per heavy atom. The van der Waals surface area contributed by atoms with E-state index in [0.717, 1.165) is 16.8 Å². The number of benzene rings is 2. The van der Waals surface area contributed by atoms with Crippen LogP contribution in [0.25, 0.3) is 28.6 Å². The van der Waals surface area contributed by atoms with Gasteiger partial charge >= 0.3 is 0 Å². The van der Waals surface area contributed by atoms with Gasteiger partial charge in [0.2, 0.25) is 0 Å². The standard InChI is InChI=1S/C23H16FN3O/c1-26-20-10-3-2-9-17(20)18(23(26)28)14-19-21-11-4-5-12-27(21)22(25-19)15-7-6-8-16(24)13-15/h2-14H,1H3/b18-14+. The van der Waals surface area contributed by atoms with E-state index in [1.165, 1.54) is 12.1 Å². The second-order valence-electron chi connectivity index (χ2n) is 6.73. The summed E-state index contributed by atoms with van der Waals surface area (Å²) in [6.45, 7) is 0. The highest BCUT2D eigenvalue weighted by Gasteiger charge is 2.29. The van der Waals surface area contributed by atoms with Gasteiger partial charge in [0, 0.05) is 24.4 Å². The Balaban J connectivity index is 1.73. The first-order valence-corrected chi connectivity index (χ1v) is 8.95. The van der Waals surface area contributed by atoms with Crippen LogP contribution in [0.3, 0.4) is 0 Å². The molecule has 0 fully saturated rings. The molecule has 1 aliphatic heterocycles. The first kappa shape index (κ1) is 16.4. The van der Waals surface area contributed by atoms with E-state index in [9.17, 15) is 9.18 Å². The maximum atomic E-state index is 13.7. The molecule has 136 valence electrons. The lowest BCUT2D eigenvalue weighted by atomic mass is 10.1. The van der Waals surface area contributed by atoms with Crippen molar-refractivity contribution in [2.45, 2.75) is 0 Å². The van der Waals surface area contributed by atoms with Crippen LogP contribution in [0.5, 0.6) is 0 Å². The van der Waals surface area contributed by atoms with Crippen molar-refractivity contribution in [1.29, 1.82) is 0 Å². The molecule has 0 N–H and O–H groups in total. The number of hydrogen-bond donors (Lipinski definition) is 0. The minimum Gasteiger partial charge on any atom is -0.311 e. The molecule has 1 aliphatic rings. The molecule has 4 aromatic rings. The van der Waals surface area contributed by atoms with Crippen LogP contribution in [0.2, 0.25) is 0 Å². The fraction of sp³-hybridized carbons (Fsp3) is 0.0435. The number of carbonyl (C=O) groups excluding carboxylic acids is 1. The first-order chi connectivity index (χ1) is 13.6. The third-order valence-corrected chi connectivity index (χ3v) is 5.03. The predicted octanol–water partition coefficient (Wildman–Crippen LogP) is 4.66. The summed E-state index contributed by atoms with van der Waals surface area (Å²) in [6.07, 6.45) is 3.71. The number of halogens is 1. The summed E-state index contributed by atoms with van der Waals surface area (Å²) in [5.41, 5.74) is 4.59. The third-order valence-electron chi connectivity index (χ3n) is 5.03. The lowest BCUT2D eigenvalue weighted by Gasteiger charge is -2.07. The Morgan fingerprint density at radius 1 is 1.00 bits per heavy atom. The smallest absolute Gasteiger partial charge is 0.258 e. The Morgan fingerprint density at radius 3 is 2.68 bits per heavy atom. The number of aromatic nitrogens is 2. The van der Waals surface area contributed by atoms with Crippen LogP contribution in [-0.4, -0.2) is 22.3 Å². The molecule has 2 aromatic heterocycles. The Hall–Kier alpha value is -3.73. The summed E-state index contributed by atoms with van der Waals surface area (Å²) in [5, 5.41) is 0. The summed E-state index contributed by atoms with van der Waals surface area (Å²) >= 11 is 0. The minimum absolute atomic E-state index is 0.0643. The van der Waals surface area contributed by atoms with Crippen molar-refractivity contribution < 1.29 is 9.18 Å². The van der Waals surface area contributed by atoms with Crippen molar-refractivity contribution in [2.75, 3.05) is 11.9 Å². The van der Waals surface area contributed by atoms with Gasteiger partial charge in [-0.15, -0.1) is 0 Å². The maximum Gasteiger partial charge on any atom is 0.258 e. The SMILES string of the molecule is CN1C(=O)/C(=C/c2nc(-c3cccc(F)c3)n3ccccc23)c2ccccc21. The lowest BCUT2D eigenvalue weighted by molar-refractivity contribution is -0.112. The monoisotopic (exact) mass is 369 g/mol. The van der Waals surface area contributed by atoms with E-state index < -0.39 is 0 Å². The molecule has 0 spiro atoms. The number of hydrogen-bond acceptors (Lipinski definition) is 2. The summed E-state index contributed by atoms with van der Waals surface area (Å²) < 4.78 is 15.7. The maximum absolute atomic E-state index is 13.7. The van der Waals surface area contributed by atoms with Crippen LogP contribution in [0, 0.1) is 5.82 Å². The number of rotatable bonds is 2. The number of imidazole rings is 1. The van der Waals surface area contributed by atoms with Gasteiger partial charge in [0.15, 0.2) is 0 Å². The molecule has 5 heteroatoms. The molecular weight excluding hydrogens is 353 g/mol. The zero-order chi connectivity index (χ0) is 19.3. The zero-order valence-electron chi connectivity index (χ0n) is 15.1. The van der Waals surface area contributed by atoms with E-state index >= 15 is 0 Å². The highest BCUT2D eigenvalue weighted by atomic mass is 19.1. The average Bonchev–Trinajstić information content (AvgIpc) is 3.20. The molecule has 0 unspecified atom stereocenters. The molecule has 0 aliphatic carbocycles. The van der Waals surface area contributed by atoms with Crippen molar-refractivity contribution in [1.82, 2.24) is 9.38 Å². The minimum atomic E-state index is -0.313. The number of para-hydroxylation sites is 1. The number of carbonyl (C=O) groups is 1. The number of likely N-dealkylation sites (N-methyl/N-ethyl adjacent to an activating group) is 1. The molecule has 4 nitrogen and oxygen atoms in total. The predicted molar refractivity (Wildman–Crippen MR) is 108 cm³/mol. The normalized spacial score (nSPS) is 14.9. The van der Waals surface area contributed by atoms with Crippen LogP contribution < -0.4 is 4.90 Å². The fourth-order valence-corrected chi connectivity index (χ4v) is 3.67. The molecule has 0 saturated heterocycles. The number of pyridine rings is 1. The highest BCUT2D eigenvalue weighted by molar-refractivity contribution is 6.35. The van der Waals surface area contributed by atoms with Crippen molar-refractivity contribution in [3.63, 3.8) is 0 Å². The van der Waals surface area contributed by atoms with Crippen LogP contribution in [-0.2, 0) is 4.79 Å². The summed E-state index contributed by atoms with van der Waals surface area (Å²) in [6, 6.07) is 19.8. The quantitative estimate of drug-likeness (QED) is 0.482. The van der Waals surface area contributed by atoms with Crippen LogP contribution in [0.15, 0.2) is 72.9 Å². The number of nitrogens with zero attached hydrogens (tertiary/aromatic N) is 3. The molecule has 0 bridgehead atoms. The van der Waals surface area contributed by atoms with E-state index in [0.29, 0.717) is 22.7 Å². The molecule has 0 saturated carbocycles. The topological polar surface area (TPSA) is 37.6 Å². The van der Waals surface area contributed by atoms with Crippen LogP contribution >= 0.6 is 0 Å². The molecular formula is C23H16FN3O. The van der Waals surface area contributed by atoms with Gasteiger partial charge in [0.05, 0.1) is 22.5 Å². The lowest BCUT2D eigenvalue weighted by Crippen LogP contribution is -2.20. The number of amides is 1. The van der Waals surface area contributed by atoms with E-state index in [-0.39, 0.29) is 11.7 Å². The van der Waals surface area contributed by atoms with Gasteiger partial charge in [-0.3, -0.25) is 9.20 Å². The van der Waals surface area contributed by atoms with Crippen molar-refractivity contribution in [3.05, 3.63) is 90.0 Å². The second kappa shape index (κ2) is 6.16. The van der Waals surface area contributed by atoms with E-state index in [1.54, 1.807) is 18.0 Å². The molecule has 28 heavy (non-hydrogen) atoms. The van der Waals surface area contributed by atoms with E-state index in [2.05, 4.69) is 0 Å². The van der Waals surface area contributed by atoms with Crippen LogP contribution in [0.1, 0.15) is 11.3 Å². The van der Waals surface area contributed by atoms with Crippen molar-refractivity contribution in [3.8, 4) is 11.4 Å². The fourth-order valence-electron chi connectivity index (χ4n) is 3.67. The van der Waals surface area contributed by atoms with E-state index in [1.807, 2.05) is 65.2 Å². The second-order valence-corrected chi connectivity index (χ2v) is 6.73. The Bertz CT molecular complexity index is 1270. The highest BCUT2D eigenvalue weighted by Crippen LogP contribution is 2.37. The van der Waals surface area contributed by atoms with Gasteiger partial charge in [0.25, 0.3) is 5.91 Å². The van der Waals surface area contributed by atoms with Gasteiger partial charge in [-0.25, -0.2) is 9.37 Å².